The molecule has 2 heterocycles. The van der Waals surface area contributed by atoms with Crippen LogP contribution in [0.4, 0.5) is 10.1 Å². The fourth-order valence-electron chi connectivity index (χ4n) is 4.64. The second-order valence-electron chi connectivity index (χ2n) is 10.2. The van der Waals surface area contributed by atoms with Crippen LogP contribution in [0.5, 0.6) is 0 Å². The minimum absolute atomic E-state index is 0.0234. The first kappa shape index (κ1) is 23.4. The average Bonchev–Trinajstić information content (AvgIpc) is 3.07. The molecule has 4 nitrogen and oxygen atoms in total. The number of carbonyl (C=O) groups excluding carboxylic acids is 1. The van der Waals surface area contributed by atoms with E-state index in [1.165, 1.54) is 5.56 Å². The summed E-state index contributed by atoms with van der Waals surface area (Å²) in [5, 5.41) is 6.26. The Morgan fingerprint density at radius 3 is 2.06 bits per heavy atom. The molecule has 3 aromatic carbocycles. The van der Waals surface area contributed by atoms with Crippen LogP contribution < -0.4 is 5.01 Å². The molecule has 0 saturated carbocycles. The zero-order valence-electron chi connectivity index (χ0n) is 20.6. The highest BCUT2D eigenvalue weighted by atomic mass is 19.1. The standard InChI is InChI=1S/C30H31FN2O2/c1-21-7-17-26(18-8-21)33-28(34)29(2,3)27(32-33)6-4-5-22-9-11-23(12-10-22)24-13-15-25(16-14-24)30(31)19-35-20-30/h7-18H,4-6,19-20H2,1-3H3. The number of alkyl halides is 1. The Bertz CT molecular complexity index is 1240. The first-order valence-electron chi connectivity index (χ1n) is 12.2. The largest absolute Gasteiger partial charge is 0.374 e. The predicted molar refractivity (Wildman–Crippen MR) is 138 cm³/mol. The number of hydrogen-bond acceptors (Lipinski definition) is 3. The fourth-order valence-corrected chi connectivity index (χ4v) is 4.64. The maximum atomic E-state index is 14.5. The maximum Gasteiger partial charge on any atom is 0.258 e. The third-order valence-electron chi connectivity index (χ3n) is 7.18. The SMILES string of the molecule is Cc1ccc(N2N=C(CCCc3ccc(-c4ccc(C5(F)COC5)cc4)cc3)C(C)(C)C2=O)cc1. The van der Waals surface area contributed by atoms with E-state index < -0.39 is 11.1 Å². The molecule has 3 aromatic rings. The molecule has 0 radical (unpaired) electrons. The Morgan fingerprint density at radius 2 is 1.49 bits per heavy atom. The molecule has 0 aromatic heterocycles. The second-order valence-corrected chi connectivity index (χ2v) is 10.2. The highest BCUT2D eigenvalue weighted by Gasteiger charge is 2.43. The van der Waals surface area contributed by atoms with Gasteiger partial charge in [0.25, 0.3) is 5.91 Å². The van der Waals surface area contributed by atoms with Gasteiger partial charge in [-0.25, -0.2) is 9.40 Å². The van der Waals surface area contributed by atoms with Crippen molar-refractivity contribution in [2.24, 2.45) is 10.5 Å². The lowest BCUT2D eigenvalue weighted by atomic mass is 9.84. The average molecular weight is 471 g/mol. The van der Waals surface area contributed by atoms with E-state index in [-0.39, 0.29) is 19.1 Å². The number of hydrogen-bond donors (Lipinski definition) is 0. The minimum Gasteiger partial charge on any atom is -0.374 e. The van der Waals surface area contributed by atoms with Crippen molar-refractivity contribution in [3.63, 3.8) is 0 Å². The summed E-state index contributed by atoms with van der Waals surface area (Å²) in [6.07, 6.45) is 2.61. The number of ether oxygens (including phenoxy) is 1. The molecule has 0 unspecified atom stereocenters. The van der Waals surface area contributed by atoms with E-state index >= 15 is 0 Å². The van der Waals surface area contributed by atoms with Gasteiger partial charge in [0.15, 0.2) is 5.67 Å². The Hall–Kier alpha value is -3.31. The summed E-state index contributed by atoms with van der Waals surface area (Å²) >= 11 is 0. The minimum atomic E-state index is -1.33. The van der Waals surface area contributed by atoms with Gasteiger partial charge in [0.2, 0.25) is 0 Å². The van der Waals surface area contributed by atoms with Crippen molar-refractivity contribution in [3.8, 4) is 11.1 Å². The van der Waals surface area contributed by atoms with Crippen molar-refractivity contribution in [2.75, 3.05) is 18.2 Å². The monoisotopic (exact) mass is 470 g/mol. The van der Waals surface area contributed by atoms with Crippen LogP contribution >= 0.6 is 0 Å². The molecule has 0 aliphatic carbocycles. The molecule has 1 fully saturated rings. The molecule has 0 atom stereocenters. The van der Waals surface area contributed by atoms with E-state index in [2.05, 4.69) is 24.3 Å². The highest BCUT2D eigenvalue weighted by Crippen LogP contribution is 2.36. The van der Waals surface area contributed by atoms with Gasteiger partial charge < -0.3 is 4.74 Å². The molecule has 2 aliphatic heterocycles. The summed E-state index contributed by atoms with van der Waals surface area (Å²) in [5.41, 5.74) is 5.09. The summed E-state index contributed by atoms with van der Waals surface area (Å²) in [7, 11) is 0. The van der Waals surface area contributed by atoms with Crippen LogP contribution in [-0.2, 0) is 21.6 Å². The zero-order chi connectivity index (χ0) is 24.6. The van der Waals surface area contributed by atoms with Gasteiger partial charge in [-0.3, -0.25) is 4.79 Å². The number of hydrazone groups is 1. The lowest BCUT2D eigenvalue weighted by Gasteiger charge is -2.34. The van der Waals surface area contributed by atoms with Gasteiger partial charge in [-0.05, 0) is 74.4 Å². The summed E-state index contributed by atoms with van der Waals surface area (Å²) in [5.74, 6) is 0.0234. The smallest absolute Gasteiger partial charge is 0.258 e. The van der Waals surface area contributed by atoms with Crippen molar-refractivity contribution < 1.29 is 13.9 Å². The number of anilines is 1. The van der Waals surface area contributed by atoms with Gasteiger partial charge in [0, 0.05) is 0 Å². The van der Waals surface area contributed by atoms with Crippen molar-refractivity contribution in [1.82, 2.24) is 0 Å². The van der Waals surface area contributed by atoms with Gasteiger partial charge in [-0.2, -0.15) is 5.10 Å². The van der Waals surface area contributed by atoms with E-state index in [4.69, 9.17) is 9.84 Å². The summed E-state index contributed by atoms with van der Waals surface area (Å²) in [4.78, 5) is 13.0. The maximum absolute atomic E-state index is 14.5. The van der Waals surface area contributed by atoms with Crippen LogP contribution in [-0.4, -0.2) is 24.8 Å². The van der Waals surface area contributed by atoms with Crippen LogP contribution in [0.1, 0.15) is 43.4 Å². The molecule has 180 valence electrons. The van der Waals surface area contributed by atoms with Crippen LogP contribution in [0.25, 0.3) is 11.1 Å². The normalized spacial score (nSPS) is 18.3. The number of carbonyl (C=O) groups is 1. The van der Waals surface area contributed by atoms with E-state index in [1.807, 2.05) is 69.3 Å². The van der Waals surface area contributed by atoms with E-state index in [0.29, 0.717) is 5.56 Å². The molecule has 1 amide bonds. The summed E-state index contributed by atoms with van der Waals surface area (Å²) in [6.45, 7) is 6.24. The van der Waals surface area contributed by atoms with Crippen LogP contribution in [0, 0.1) is 12.3 Å². The van der Waals surface area contributed by atoms with Gasteiger partial charge in [0.1, 0.15) is 0 Å². The van der Waals surface area contributed by atoms with E-state index in [9.17, 15) is 9.18 Å². The Kier molecular flexibility index (Phi) is 6.06. The molecule has 35 heavy (non-hydrogen) atoms. The first-order valence-corrected chi connectivity index (χ1v) is 12.2. The van der Waals surface area contributed by atoms with Gasteiger partial charge in [0.05, 0.1) is 30.0 Å². The van der Waals surface area contributed by atoms with Crippen molar-refractivity contribution in [1.29, 1.82) is 0 Å². The van der Waals surface area contributed by atoms with Gasteiger partial charge in [-0.1, -0.05) is 66.2 Å². The fraction of sp³-hybridized carbons (Fsp3) is 0.333. The molecular weight excluding hydrogens is 439 g/mol. The number of halogens is 1. The Labute approximate surface area is 206 Å². The number of nitrogens with zero attached hydrogens (tertiary/aromatic N) is 2. The Morgan fingerprint density at radius 1 is 0.886 bits per heavy atom. The summed E-state index contributed by atoms with van der Waals surface area (Å²) < 4.78 is 19.5. The molecular formula is C30H31FN2O2. The van der Waals surface area contributed by atoms with Crippen molar-refractivity contribution >= 4 is 17.3 Å². The second kappa shape index (κ2) is 9.04. The molecule has 1 saturated heterocycles. The summed E-state index contributed by atoms with van der Waals surface area (Å²) in [6, 6.07) is 24.1. The van der Waals surface area contributed by atoms with Crippen LogP contribution in [0.15, 0.2) is 77.9 Å². The third kappa shape index (κ3) is 4.53. The topological polar surface area (TPSA) is 41.9 Å². The molecule has 0 spiro atoms. The number of benzene rings is 3. The number of aryl methyl sites for hydroxylation is 2. The van der Waals surface area contributed by atoms with Crippen molar-refractivity contribution in [3.05, 3.63) is 89.5 Å². The lowest BCUT2D eigenvalue weighted by Crippen LogP contribution is -2.42. The molecule has 0 bridgehead atoms. The zero-order valence-corrected chi connectivity index (χ0v) is 20.6. The quantitative estimate of drug-likeness (QED) is 0.390. The first-order chi connectivity index (χ1) is 16.8. The molecule has 2 aliphatic rings. The van der Waals surface area contributed by atoms with E-state index in [1.54, 1.807) is 5.01 Å². The Balaban J connectivity index is 1.20. The predicted octanol–water partition coefficient (Wildman–Crippen LogP) is 6.61. The molecule has 5 rings (SSSR count). The molecule has 0 N–H and O–H groups in total. The number of amides is 1. The van der Waals surface area contributed by atoms with Crippen LogP contribution in [0.2, 0.25) is 0 Å². The highest BCUT2D eigenvalue weighted by molar-refractivity contribution is 6.18. The third-order valence-corrected chi connectivity index (χ3v) is 7.18. The van der Waals surface area contributed by atoms with Gasteiger partial charge >= 0.3 is 0 Å². The van der Waals surface area contributed by atoms with Crippen molar-refractivity contribution in [2.45, 2.75) is 45.7 Å². The van der Waals surface area contributed by atoms with Gasteiger partial charge in [-0.15, -0.1) is 0 Å². The van der Waals surface area contributed by atoms with Crippen LogP contribution in [0.3, 0.4) is 0 Å². The molecule has 5 heteroatoms. The number of rotatable bonds is 7. The van der Waals surface area contributed by atoms with E-state index in [0.717, 1.165) is 47.4 Å². The lowest BCUT2D eigenvalue weighted by molar-refractivity contribution is -0.135.